The predicted octanol–water partition coefficient (Wildman–Crippen LogP) is 2.57. The molecule has 0 radical (unpaired) electrons. The second-order valence-electron chi connectivity index (χ2n) is 7.38. The minimum Gasteiger partial charge on any atom is -0.493 e. The third-order valence-electron chi connectivity index (χ3n) is 3.77. The molecule has 7 heteroatoms. The highest BCUT2D eigenvalue weighted by atomic mass is 16.5. The van der Waals surface area contributed by atoms with E-state index in [4.69, 9.17) is 4.74 Å². The van der Waals surface area contributed by atoms with Crippen LogP contribution in [0.15, 0.2) is 29.1 Å². The lowest BCUT2D eigenvalue weighted by atomic mass is 10.2. The SMILES string of the molecule is CC(C)CNC(=O)CCc1nnc(-c2ccc(OCC(C)C)cc2)[nH]c1=O. The van der Waals surface area contributed by atoms with Gasteiger partial charge in [-0.05, 0) is 36.1 Å². The molecule has 0 spiro atoms. The number of nitrogens with zero attached hydrogens (tertiary/aromatic N) is 2. The van der Waals surface area contributed by atoms with Crippen molar-refractivity contribution in [3.8, 4) is 17.1 Å². The molecule has 27 heavy (non-hydrogen) atoms. The first-order valence-electron chi connectivity index (χ1n) is 9.31. The molecule has 0 saturated carbocycles. The number of hydrogen-bond donors (Lipinski definition) is 2. The Morgan fingerprint density at radius 3 is 2.41 bits per heavy atom. The number of ether oxygens (including phenoxy) is 1. The van der Waals surface area contributed by atoms with Crippen molar-refractivity contribution < 1.29 is 9.53 Å². The molecule has 0 aliphatic carbocycles. The first-order valence-corrected chi connectivity index (χ1v) is 9.31. The molecule has 0 aliphatic heterocycles. The molecule has 1 heterocycles. The largest absolute Gasteiger partial charge is 0.493 e. The number of hydrogen-bond acceptors (Lipinski definition) is 5. The van der Waals surface area contributed by atoms with E-state index in [1.54, 1.807) is 0 Å². The zero-order chi connectivity index (χ0) is 19.8. The van der Waals surface area contributed by atoms with Crippen molar-refractivity contribution in [2.75, 3.05) is 13.2 Å². The molecule has 0 unspecified atom stereocenters. The van der Waals surface area contributed by atoms with Gasteiger partial charge in [0.1, 0.15) is 11.4 Å². The minimum atomic E-state index is -0.322. The number of rotatable bonds is 9. The minimum absolute atomic E-state index is 0.0917. The third-order valence-corrected chi connectivity index (χ3v) is 3.77. The molecule has 1 aromatic heterocycles. The molecule has 146 valence electrons. The van der Waals surface area contributed by atoms with Gasteiger partial charge in [-0.2, -0.15) is 0 Å². The summed E-state index contributed by atoms with van der Waals surface area (Å²) in [6.07, 6.45) is 0.472. The van der Waals surface area contributed by atoms with Crippen LogP contribution in [0.25, 0.3) is 11.4 Å². The molecule has 2 N–H and O–H groups in total. The van der Waals surface area contributed by atoms with Gasteiger partial charge >= 0.3 is 0 Å². The molecule has 1 aromatic carbocycles. The van der Waals surface area contributed by atoms with Gasteiger partial charge in [0.25, 0.3) is 5.56 Å². The van der Waals surface area contributed by atoms with Crippen molar-refractivity contribution in [2.24, 2.45) is 11.8 Å². The zero-order valence-electron chi connectivity index (χ0n) is 16.4. The van der Waals surface area contributed by atoms with Gasteiger partial charge in [0.15, 0.2) is 5.82 Å². The van der Waals surface area contributed by atoms with E-state index in [1.165, 1.54) is 0 Å². The van der Waals surface area contributed by atoms with Gasteiger partial charge in [0, 0.05) is 24.9 Å². The first kappa shape index (κ1) is 20.6. The van der Waals surface area contributed by atoms with E-state index < -0.39 is 0 Å². The Bertz CT molecular complexity index is 798. The molecule has 0 bridgehead atoms. The number of benzene rings is 1. The van der Waals surface area contributed by atoms with Crippen LogP contribution >= 0.6 is 0 Å². The highest BCUT2D eigenvalue weighted by Crippen LogP contribution is 2.18. The third kappa shape index (κ3) is 6.84. The molecular weight excluding hydrogens is 344 g/mol. The summed E-state index contributed by atoms with van der Waals surface area (Å²) >= 11 is 0. The van der Waals surface area contributed by atoms with Crippen molar-refractivity contribution in [3.05, 3.63) is 40.3 Å². The lowest BCUT2D eigenvalue weighted by Crippen LogP contribution is -2.28. The van der Waals surface area contributed by atoms with Crippen molar-refractivity contribution in [1.29, 1.82) is 0 Å². The summed E-state index contributed by atoms with van der Waals surface area (Å²) in [5, 5.41) is 10.9. The molecule has 0 fully saturated rings. The van der Waals surface area contributed by atoms with Crippen LogP contribution in [-0.2, 0) is 11.2 Å². The molecule has 2 aromatic rings. The van der Waals surface area contributed by atoms with E-state index >= 15 is 0 Å². The van der Waals surface area contributed by atoms with E-state index in [9.17, 15) is 9.59 Å². The van der Waals surface area contributed by atoms with Gasteiger partial charge < -0.3 is 15.0 Å². The Morgan fingerprint density at radius 1 is 1.11 bits per heavy atom. The van der Waals surface area contributed by atoms with Crippen LogP contribution in [0.1, 0.15) is 39.8 Å². The second-order valence-corrected chi connectivity index (χ2v) is 7.38. The van der Waals surface area contributed by atoms with Gasteiger partial charge in [0.05, 0.1) is 6.61 Å². The zero-order valence-corrected chi connectivity index (χ0v) is 16.4. The number of aromatic amines is 1. The topological polar surface area (TPSA) is 97.0 Å². The summed E-state index contributed by atoms with van der Waals surface area (Å²) in [4.78, 5) is 26.7. The Labute approximate surface area is 159 Å². The number of aryl methyl sites for hydroxylation is 1. The summed E-state index contributed by atoms with van der Waals surface area (Å²) < 4.78 is 5.64. The highest BCUT2D eigenvalue weighted by Gasteiger charge is 2.10. The van der Waals surface area contributed by atoms with E-state index in [-0.39, 0.29) is 30.0 Å². The number of aromatic nitrogens is 3. The summed E-state index contributed by atoms with van der Waals surface area (Å²) in [6, 6.07) is 7.33. The molecule has 0 saturated heterocycles. The molecule has 0 atom stereocenters. The lowest BCUT2D eigenvalue weighted by Gasteiger charge is -2.09. The number of amides is 1. The molecule has 0 aliphatic rings. The maximum Gasteiger partial charge on any atom is 0.273 e. The monoisotopic (exact) mass is 372 g/mol. The van der Waals surface area contributed by atoms with Crippen LogP contribution in [0.3, 0.4) is 0 Å². The number of nitrogens with one attached hydrogen (secondary N) is 2. The second kappa shape index (κ2) is 9.85. The summed E-state index contributed by atoms with van der Waals surface area (Å²) in [6.45, 7) is 9.50. The van der Waals surface area contributed by atoms with Crippen molar-refractivity contribution in [3.63, 3.8) is 0 Å². The van der Waals surface area contributed by atoms with Crippen LogP contribution in [0.5, 0.6) is 5.75 Å². The quantitative estimate of drug-likeness (QED) is 0.705. The Morgan fingerprint density at radius 2 is 1.81 bits per heavy atom. The predicted molar refractivity (Wildman–Crippen MR) is 105 cm³/mol. The normalized spacial score (nSPS) is 11.0. The van der Waals surface area contributed by atoms with E-state index in [0.29, 0.717) is 30.8 Å². The first-order chi connectivity index (χ1) is 12.8. The molecular formula is C20H28N4O3. The number of H-pyrrole nitrogens is 1. The summed E-state index contributed by atoms with van der Waals surface area (Å²) in [5.41, 5.74) is 0.685. The van der Waals surface area contributed by atoms with Gasteiger partial charge in [-0.1, -0.05) is 27.7 Å². The average molecular weight is 372 g/mol. The fourth-order valence-electron chi connectivity index (χ4n) is 2.26. The molecule has 7 nitrogen and oxygen atoms in total. The van der Waals surface area contributed by atoms with Gasteiger partial charge in [0.2, 0.25) is 5.91 Å². The number of carbonyl (C=O) groups is 1. The summed E-state index contributed by atoms with van der Waals surface area (Å²) in [7, 11) is 0. The Hall–Kier alpha value is -2.70. The van der Waals surface area contributed by atoms with Crippen LogP contribution < -0.4 is 15.6 Å². The van der Waals surface area contributed by atoms with Crippen molar-refractivity contribution in [1.82, 2.24) is 20.5 Å². The van der Waals surface area contributed by atoms with Crippen LogP contribution in [0.4, 0.5) is 0 Å². The fraction of sp³-hybridized carbons (Fsp3) is 0.500. The maximum atomic E-state index is 12.2. The van der Waals surface area contributed by atoms with Crippen molar-refractivity contribution in [2.45, 2.75) is 40.5 Å². The van der Waals surface area contributed by atoms with Gasteiger partial charge in [-0.25, -0.2) is 0 Å². The van der Waals surface area contributed by atoms with Crippen LogP contribution in [0.2, 0.25) is 0 Å². The average Bonchev–Trinajstić information content (AvgIpc) is 2.64. The Balaban J connectivity index is 1.97. The summed E-state index contributed by atoms with van der Waals surface area (Å²) in [5.74, 6) is 1.91. The van der Waals surface area contributed by atoms with Crippen molar-refractivity contribution >= 4 is 5.91 Å². The standard InChI is InChI=1S/C20H28N4O3/c1-13(2)11-21-18(25)10-9-17-20(26)22-19(24-23-17)15-5-7-16(8-6-15)27-12-14(3)4/h5-8,13-14H,9-12H2,1-4H3,(H,21,25)(H,22,24,26). The number of carbonyl (C=O) groups excluding carboxylic acids is 1. The fourth-order valence-corrected chi connectivity index (χ4v) is 2.26. The van der Waals surface area contributed by atoms with Gasteiger partial charge in [-0.3, -0.25) is 9.59 Å². The molecule has 1 amide bonds. The van der Waals surface area contributed by atoms with Gasteiger partial charge in [-0.15, -0.1) is 10.2 Å². The maximum absolute atomic E-state index is 12.2. The van der Waals surface area contributed by atoms with E-state index in [1.807, 2.05) is 38.1 Å². The molecule has 2 rings (SSSR count). The smallest absolute Gasteiger partial charge is 0.273 e. The highest BCUT2D eigenvalue weighted by molar-refractivity contribution is 5.76. The van der Waals surface area contributed by atoms with Crippen LogP contribution in [-0.4, -0.2) is 34.2 Å². The van der Waals surface area contributed by atoms with E-state index in [2.05, 4.69) is 34.3 Å². The van der Waals surface area contributed by atoms with E-state index in [0.717, 1.165) is 11.3 Å². The van der Waals surface area contributed by atoms with Crippen LogP contribution in [0, 0.1) is 11.8 Å². The Kier molecular flexibility index (Phi) is 7.52. The lowest BCUT2D eigenvalue weighted by molar-refractivity contribution is -0.121.